The third-order valence-corrected chi connectivity index (χ3v) is 4.20. The summed E-state index contributed by atoms with van der Waals surface area (Å²) in [5.74, 6) is 0.0704. The van der Waals surface area contributed by atoms with Crippen molar-refractivity contribution in [1.82, 2.24) is 5.32 Å². The first kappa shape index (κ1) is 14.1. The van der Waals surface area contributed by atoms with E-state index in [1.807, 2.05) is 44.2 Å². The molecule has 0 aliphatic heterocycles. The Morgan fingerprint density at radius 1 is 1.21 bits per heavy atom. The maximum atomic E-state index is 12.5. The molecule has 1 aromatic rings. The lowest BCUT2D eigenvalue weighted by Crippen LogP contribution is -2.53. The van der Waals surface area contributed by atoms with Crippen LogP contribution < -0.4 is 11.1 Å². The van der Waals surface area contributed by atoms with Gasteiger partial charge in [-0.1, -0.05) is 43.2 Å². The van der Waals surface area contributed by atoms with Gasteiger partial charge in [-0.15, -0.1) is 0 Å². The zero-order chi connectivity index (χ0) is 13.9. The van der Waals surface area contributed by atoms with Crippen LogP contribution in [0.1, 0.15) is 45.1 Å². The summed E-state index contributed by atoms with van der Waals surface area (Å²) in [5, 5.41) is 3.14. The second kappa shape index (κ2) is 5.74. The summed E-state index contributed by atoms with van der Waals surface area (Å²) in [6.45, 7) is 3.93. The highest BCUT2D eigenvalue weighted by atomic mass is 16.2. The molecule has 1 amide bonds. The van der Waals surface area contributed by atoms with Gasteiger partial charge in [0.1, 0.15) is 0 Å². The van der Waals surface area contributed by atoms with Crippen molar-refractivity contribution in [3.63, 3.8) is 0 Å². The van der Waals surface area contributed by atoms with E-state index in [0.29, 0.717) is 0 Å². The number of amides is 1. The number of carbonyl (C=O) groups is 1. The summed E-state index contributed by atoms with van der Waals surface area (Å²) in [5.41, 5.74) is 6.62. The van der Waals surface area contributed by atoms with E-state index in [1.54, 1.807) is 0 Å². The minimum Gasteiger partial charge on any atom is -0.351 e. The van der Waals surface area contributed by atoms with Gasteiger partial charge in [0.15, 0.2) is 0 Å². The van der Waals surface area contributed by atoms with Gasteiger partial charge in [-0.2, -0.15) is 0 Å². The molecule has 1 aliphatic rings. The molecule has 3 N–H and O–H groups in total. The van der Waals surface area contributed by atoms with Gasteiger partial charge in [-0.25, -0.2) is 0 Å². The molecule has 3 nitrogen and oxygen atoms in total. The predicted molar refractivity (Wildman–Crippen MR) is 77.8 cm³/mol. The van der Waals surface area contributed by atoms with Crippen LogP contribution in [0.4, 0.5) is 0 Å². The monoisotopic (exact) mass is 260 g/mol. The Morgan fingerprint density at radius 2 is 1.84 bits per heavy atom. The van der Waals surface area contributed by atoms with E-state index >= 15 is 0 Å². The molecule has 0 unspecified atom stereocenters. The molecule has 1 aliphatic carbocycles. The summed E-state index contributed by atoms with van der Waals surface area (Å²) in [6, 6.07) is 10.1. The molecule has 2 rings (SSSR count). The highest BCUT2D eigenvalue weighted by Gasteiger charge is 2.33. The van der Waals surface area contributed by atoms with Crippen LogP contribution in [0.25, 0.3) is 0 Å². The molecule has 0 heterocycles. The number of nitrogens with two attached hydrogens (primary N) is 1. The summed E-state index contributed by atoms with van der Waals surface area (Å²) in [7, 11) is 0. The average molecular weight is 260 g/mol. The van der Waals surface area contributed by atoms with Crippen molar-refractivity contribution in [3.8, 4) is 0 Å². The van der Waals surface area contributed by atoms with Crippen molar-refractivity contribution in [2.75, 3.05) is 0 Å². The van der Waals surface area contributed by atoms with E-state index in [2.05, 4.69) is 5.32 Å². The molecule has 19 heavy (non-hydrogen) atoms. The first-order valence-corrected chi connectivity index (χ1v) is 7.14. The molecule has 104 valence electrons. The molecular weight excluding hydrogens is 236 g/mol. The Hall–Kier alpha value is -1.35. The summed E-state index contributed by atoms with van der Waals surface area (Å²) in [6.07, 6.45) is 4.34. The number of hydrogen-bond acceptors (Lipinski definition) is 2. The Bertz CT molecular complexity index is 428. The lowest BCUT2D eigenvalue weighted by Gasteiger charge is -2.33. The molecule has 1 aromatic carbocycles. The fraction of sp³-hybridized carbons (Fsp3) is 0.562. The molecule has 1 fully saturated rings. The maximum Gasteiger partial charge on any atom is 0.230 e. The lowest BCUT2D eigenvalue weighted by molar-refractivity contribution is -0.126. The smallest absolute Gasteiger partial charge is 0.230 e. The van der Waals surface area contributed by atoms with Gasteiger partial charge in [0, 0.05) is 12.1 Å². The zero-order valence-electron chi connectivity index (χ0n) is 11.9. The minimum absolute atomic E-state index is 0.0704. The van der Waals surface area contributed by atoms with Crippen LogP contribution >= 0.6 is 0 Å². The minimum atomic E-state index is -0.515. The number of carbonyl (C=O) groups excluding carboxylic acids is 1. The number of hydrogen-bond donors (Lipinski definition) is 2. The van der Waals surface area contributed by atoms with Gasteiger partial charge in [0.05, 0.1) is 5.41 Å². The van der Waals surface area contributed by atoms with Gasteiger partial charge in [0.2, 0.25) is 5.91 Å². The highest BCUT2D eigenvalue weighted by molar-refractivity contribution is 5.87. The van der Waals surface area contributed by atoms with Gasteiger partial charge in [-0.3, -0.25) is 4.79 Å². The van der Waals surface area contributed by atoms with Crippen molar-refractivity contribution in [2.24, 2.45) is 5.73 Å². The first-order chi connectivity index (χ1) is 9.01. The van der Waals surface area contributed by atoms with E-state index in [1.165, 1.54) is 6.42 Å². The van der Waals surface area contributed by atoms with Crippen LogP contribution in [0.2, 0.25) is 0 Å². The Morgan fingerprint density at radius 3 is 2.47 bits per heavy atom. The second-order valence-electron chi connectivity index (χ2n) is 6.02. The van der Waals surface area contributed by atoms with E-state index in [4.69, 9.17) is 5.73 Å². The number of rotatable bonds is 3. The van der Waals surface area contributed by atoms with Crippen molar-refractivity contribution >= 4 is 5.91 Å². The average Bonchev–Trinajstić information content (AvgIpc) is 2.42. The van der Waals surface area contributed by atoms with E-state index in [9.17, 15) is 4.79 Å². The predicted octanol–water partition coefficient (Wildman–Crippen LogP) is 2.35. The Balaban J connectivity index is 2.06. The summed E-state index contributed by atoms with van der Waals surface area (Å²) < 4.78 is 0. The van der Waals surface area contributed by atoms with Gasteiger partial charge >= 0.3 is 0 Å². The summed E-state index contributed by atoms with van der Waals surface area (Å²) in [4.78, 5) is 12.5. The van der Waals surface area contributed by atoms with Crippen LogP contribution in [0, 0.1) is 0 Å². The second-order valence-corrected chi connectivity index (χ2v) is 6.02. The molecule has 0 saturated heterocycles. The van der Waals surface area contributed by atoms with E-state index in [0.717, 1.165) is 24.8 Å². The van der Waals surface area contributed by atoms with Crippen molar-refractivity contribution in [1.29, 1.82) is 0 Å². The van der Waals surface area contributed by atoms with Crippen LogP contribution in [0.5, 0.6) is 0 Å². The lowest BCUT2D eigenvalue weighted by atomic mass is 9.82. The fourth-order valence-electron chi connectivity index (χ4n) is 2.67. The SMILES string of the molecule is CC(C)(C(=O)N[C@@H]1CCCC[C@H]1N)c1ccccc1. The van der Waals surface area contributed by atoms with Crippen molar-refractivity contribution in [2.45, 2.75) is 57.0 Å². The molecule has 0 bridgehead atoms. The first-order valence-electron chi connectivity index (χ1n) is 7.14. The Kier molecular flexibility index (Phi) is 4.25. The van der Waals surface area contributed by atoms with Gasteiger partial charge in [0.25, 0.3) is 0 Å². The van der Waals surface area contributed by atoms with Gasteiger partial charge < -0.3 is 11.1 Å². The van der Waals surface area contributed by atoms with Crippen LogP contribution in [0.15, 0.2) is 30.3 Å². The number of benzene rings is 1. The third-order valence-electron chi connectivity index (χ3n) is 4.20. The number of nitrogens with one attached hydrogen (secondary N) is 1. The molecule has 1 saturated carbocycles. The van der Waals surface area contributed by atoms with Crippen LogP contribution in [0.3, 0.4) is 0 Å². The molecular formula is C16H24N2O. The molecule has 2 atom stereocenters. The normalized spacial score (nSPS) is 23.9. The standard InChI is InChI=1S/C16H24N2O/c1-16(2,12-8-4-3-5-9-12)15(19)18-14-11-7-6-10-13(14)17/h3-5,8-9,13-14H,6-7,10-11,17H2,1-2H3,(H,18,19)/t13-,14-/m1/s1. The maximum absolute atomic E-state index is 12.5. The molecule has 3 heteroatoms. The van der Waals surface area contributed by atoms with Crippen molar-refractivity contribution < 1.29 is 4.79 Å². The summed E-state index contributed by atoms with van der Waals surface area (Å²) >= 11 is 0. The molecule has 0 radical (unpaired) electrons. The molecule has 0 aromatic heterocycles. The van der Waals surface area contributed by atoms with Crippen LogP contribution in [-0.2, 0) is 10.2 Å². The zero-order valence-corrected chi connectivity index (χ0v) is 11.9. The van der Waals surface area contributed by atoms with Crippen LogP contribution in [-0.4, -0.2) is 18.0 Å². The van der Waals surface area contributed by atoms with Crippen molar-refractivity contribution in [3.05, 3.63) is 35.9 Å². The fourth-order valence-corrected chi connectivity index (χ4v) is 2.67. The Labute approximate surface area is 115 Å². The highest BCUT2D eigenvalue weighted by Crippen LogP contribution is 2.24. The van der Waals surface area contributed by atoms with Gasteiger partial charge in [-0.05, 0) is 32.3 Å². The quantitative estimate of drug-likeness (QED) is 0.876. The van der Waals surface area contributed by atoms with E-state index in [-0.39, 0.29) is 18.0 Å². The van der Waals surface area contributed by atoms with E-state index < -0.39 is 5.41 Å². The largest absolute Gasteiger partial charge is 0.351 e. The molecule has 0 spiro atoms. The topological polar surface area (TPSA) is 55.1 Å². The third kappa shape index (κ3) is 3.16.